The third-order valence-corrected chi connectivity index (χ3v) is 5.18. The molecule has 0 spiro atoms. The van der Waals surface area contributed by atoms with Gasteiger partial charge in [-0.25, -0.2) is 8.42 Å². The van der Waals surface area contributed by atoms with Crippen LogP contribution in [0.25, 0.3) is 10.2 Å². The van der Waals surface area contributed by atoms with Crippen LogP contribution in [0.5, 0.6) is 0 Å². The molecule has 2 N–H and O–H groups in total. The van der Waals surface area contributed by atoms with Gasteiger partial charge in [0.15, 0.2) is 0 Å². The molecule has 2 rings (SSSR count). The summed E-state index contributed by atoms with van der Waals surface area (Å²) in [6.07, 6.45) is 1.47. The van der Waals surface area contributed by atoms with E-state index in [1.54, 1.807) is 6.07 Å². The molecule has 21 heavy (non-hydrogen) atoms. The maximum Gasteiger partial charge on any atom is 0.321 e. The summed E-state index contributed by atoms with van der Waals surface area (Å²) < 4.78 is 27.5. The van der Waals surface area contributed by atoms with Crippen molar-refractivity contribution in [2.45, 2.75) is 31.2 Å². The number of carboxylic acids is 1. The molecule has 2 heterocycles. The molecular weight excluding hydrogens is 312 g/mol. The summed E-state index contributed by atoms with van der Waals surface area (Å²) in [4.78, 5) is 15.2. The molecular formula is C13H16N2O4S2. The van der Waals surface area contributed by atoms with E-state index in [1.165, 1.54) is 23.6 Å². The van der Waals surface area contributed by atoms with Crippen LogP contribution in [0.2, 0.25) is 0 Å². The lowest BCUT2D eigenvalue weighted by Gasteiger charge is -2.16. The van der Waals surface area contributed by atoms with Gasteiger partial charge in [0.1, 0.15) is 10.9 Å². The van der Waals surface area contributed by atoms with Crippen LogP contribution in [0.1, 0.15) is 20.3 Å². The molecule has 0 bridgehead atoms. The highest BCUT2D eigenvalue weighted by atomic mass is 32.2. The van der Waals surface area contributed by atoms with Crippen LogP contribution in [0.3, 0.4) is 0 Å². The number of sulfonamides is 1. The third kappa shape index (κ3) is 3.78. The topological polar surface area (TPSA) is 96.4 Å². The highest BCUT2D eigenvalue weighted by Gasteiger charge is 2.26. The van der Waals surface area contributed by atoms with Gasteiger partial charge in [0.25, 0.3) is 0 Å². The van der Waals surface area contributed by atoms with E-state index in [0.29, 0.717) is 0 Å². The first-order chi connectivity index (χ1) is 9.79. The Balaban J connectivity index is 2.29. The summed E-state index contributed by atoms with van der Waals surface area (Å²) in [7, 11) is -3.91. The number of fused-ring (bicyclic) bond motifs is 1. The van der Waals surface area contributed by atoms with Crippen molar-refractivity contribution in [1.82, 2.24) is 9.71 Å². The summed E-state index contributed by atoms with van der Waals surface area (Å²) in [5.74, 6) is -1.12. The van der Waals surface area contributed by atoms with Gasteiger partial charge in [-0.2, -0.15) is 4.72 Å². The summed E-state index contributed by atoms with van der Waals surface area (Å²) in [6.45, 7) is 3.67. The van der Waals surface area contributed by atoms with Gasteiger partial charge in [0.05, 0.1) is 10.2 Å². The Labute approximate surface area is 126 Å². The number of hydrogen-bond acceptors (Lipinski definition) is 5. The van der Waals surface area contributed by atoms with Gasteiger partial charge in [0, 0.05) is 6.20 Å². The molecule has 0 aliphatic heterocycles. The first-order valence-electron chi connectivity index (χ1n) is 6.38. The molecule has 6 nitrogen and oxygen atoms in total. The first kappa shape index (κ1) is 15.9. The van der Waals surface area contributed by atoms with Crippen molar-refractivity contribution in [3.05, 3.63) is 23.7 Å². The summed E-state index contributed by atoms with van der Waals surface area (Å²) >= 11 is 1.38. The Morgan fingerprint density at radius 2 is 2.19 bits per heavy atom. The van der Waals surface area contributed by atoms with Gasteiger partial charge in [0.2, 0.25) is 10.0 Å². The average Bonchev–Trinajstić information content (AvgIpc) is 2.84. The summed E-state index contributed by atoms with van der Waals surface area (Å²) in [6, 6.07) is 2.15. The molecule has 114 valence electrons. The van der Waals surface area contributed by atoms with E-state index in [4.69, 9.17) is 5.11 Å². The third-order valence-electron chi connectivity index (χ3n) is 2.89. The first-order valence-corrected chi connectivity index (χ1v) is 8.74. The molecule has 0 radical (unpaired) electrons. The van der Waals surface area contributed by atoms with Crippen LogP contribution in [-0.4, -0.2) is 30.5 Å². The Bertz CT molecular complexity index is 752. The Morgan fingerprint density at radius 1 is 1.48 bits per heavy atom. The minimum absolute atomic E-state index is 0.0209. The second-order valence-electron chi connectivity index (χ2n) is 5.12. The average molecular weight is 328 g/mol. The number of nitrogens with one attached hydrogen (secondary N) is 1. The number of nitrogens with zero attached hydrogens (tertiary/aromatic N) is 1. The summed E-state index contributed by atoms with van der Waals surface area (Å²) in [5, 5.41) is 11.0. The molecule has 1 atom stereocenters. The van der Waals surface area contributed by atoms with E-state index < -0.39 is 22.0 Å². The molecule has 0 aromatic carbocycles. The molecule has 2 aromatic heterocycles. The largest absolute Gasteiger partial charge is 0.480 e. The van der Waals surface area contributed by atoms with Crippen molar-refractivity contribution in [2.75, 3.05) is 0 Å². The van der Waals surface area contributed by atoms with Gasteiger partial charge in [-0.3, -0.25) is 9.78 Å². The SMILES string of the molecule is CC(C)CC(NS(=O)(=O)c1cnc2ccsc2c1)C(=O)O. The second kappa shape index (κ2) is 6.08. The van der Waals surface area contributed by atoms with Crippen LogP contribution in [-0.2, 0) is 14.8 Å². The molecule has 0 aliphatic carbocycles. The van der Waals surface area contributed by atoms with Gasteiger partial charge in [-0.05, 0) is 29.9 Å². The van der Waals surface area contributed by atoms with Crippen LogP contribution >= 0.6 is 11.3 Å². The van der Waals surface area contributed by atoms with E-state index in [1.807, 2.05) is 19.2 Å². The minimum atomic E-state index is -3.91. The van der Waals surface area contributed by atoms with Gasteiger partial charge in [-0.15, -0.1) is 11.3 Å². The maximum absolute atomic E-state index is 12.3. The zero-order valence-electron chi connectivity index (χ0n) is 11.6. The fourth-order valence-corrected chi connectivity index (χ4v) is 3.93. The second-order valence-corrected chi connectivity index (χ2v) is 7.78. The van der Waals surface area contributed by atoms with Gasteiger partial charge < -0.3 is 5.11 Å². The maximum atomic E-state index is 12.3. The number of hydrogen-bond donors (Lipinski definition) is 2. The van der Waals surface area contributed by atoms with Crippen molar-refractivity contribution in [3.63, 3.8) is 0 Å². The number of carboxylic acid groups (broad SMARTS) is 1. The number of aromatic nitrogens is 1. The van der Waals surface area contributed by atoms with Crippen LogP contribution in [0.4, 0.5) is 0 Å². The quantitative estimate of drug-likeness (QED) is 0.846. The molecule has 8 heteroatoms. The fourth-order valence-electron chi connectivity index (χ4n) is 1.90. The van der Waals surface area contributed by atoms with Crippen molar-refractivity contribution in [2.24, 2.45) is 5.92 Å². The molecule has 0 saturated carbocycles. The highest BCUT2D eigenvalue weighted by Crippen LogP contribution is 2.22. The van der Waals surface area contributed by atoms with Crippen LogP contribution < -0.4 is 4.72 Å². The lowest BCUT2D eigenvalue weighted by molar-refractivity contribution is -0.139. The van der Waals surface area contributed by atoms with Crippen LogP contribution in [0, 0.1) is 5.92 Å². The lowest BCUT2D eigenvalue weighted by Crippen LogP contribution is -2.41. The smallest absolute Gasteiger partial charge is 0.321 e. The highest BCUT2D eigenvalue weighted by molar-refractivity contribution is 7.89. The van der Waals surface area contributed by atoms with E-state index >= 15 is 0 Å². The number of aliphatic carboxylic acids is 1. The number of pyridine rings is 1. The van der Waals surface area contributed by atoms with E-state index in [2.05, 4.69) is 9.71 Å². The molecule has 1 unspecified atom stereocenters. The van der Waals surface area contributed by atoms with Crippen LogP contribution in [0.15, 0.2) is 28.6 Å². The molecule has 0 amide bonds. The van der Waals surface area contributed by atoms with Crippen molar-refractivity contribution in [1.29, 1.82) is 0 Å². The molecule has 0 aliphatic rings. The van der Waals surface area contributed by atoms with Gasteiger partial charge >= 0.3 is 5.97 Å². The predicted molar refractivity (Wildman–Crippen MR) is 80.8 cm³/mol. The molecule has 2 aromatic rings. The minimum Gasteiger partial charge on any atom is -0.480 e. The Hall–Kier alpha value is -1.51. The Morgan fingerprint density at radius 3 is 2.81 bits per heavy atom. The number of rotatable bonds is 6. The van der Waals surface area contributed by atoms with Gasteiger partial charge in [-0.1, -0.05) is 13.8 Å². The van der Waals surface area contributed by atoms with E-state index in [9.17, 15) is 13.2 Å². The monoisotopic (exact) mass is 328 g/mol. The molecule has 0 saturated heterocycles. The van der Waals surface area contributed by atoms with Crippen molar-refractivity contribution >= 4 is 37.5 Å². The van der Waals surface area contributed by atoms with E-state index in [0.717, 1.165) is 10.2 Å². The number of carbonyl (C=O) groups is 1. The number of thiophene rings is 1. The standard InChI is InChI=1S/C13H16N2O4S2/c1-8(2)5-11(13(16)17)15-21(18,19)9-6-12-10(14-7-9)3-4-20-12/h3-4,6-8,11,15H,5H2,1-2H3,(H,16,17). The normalized spacial score (nSPS) is 13.7. The zero-order chi connectivity index (χ0) is 15.6. The Kier molecular flexibility index (Phi) is 4.60. The predicted octanol–water partition coefficient (Wildman–Crippen LogP) is 2.07. The van der Waals surface area contributed by atoms with E-state index in [-0.39, 0.29) is 17.2 Å². The fraction of sp³-hybridized carbons (Fsp3) is 0.385. The van der Waals surface area contributed by atoms with Crippen molar-refractivity contribution < 1.29 is 18.3 Å². The lowest BCUT2D eigenvalue weighted by atomic mass is 10.1. The molecule has 0 fully saturated rings. The zero-order valence-corrected chi connectivity index (χ0v) is 13.2. The summed E-state index contributed by atoms with van der Waals surface area (Å²) in [5.41, 5.74) is 0.718. The van der Waals surface area contributed by atoms with Crippen molar-refractivity contribution in [3.8, 4) is 0 Å².